The highest BCUT2D eigenvalue weighted by atomic mass is 35.5. The van der Waals surface area contributed by atoms with Crippen LogP contribution in [0.4, 0.5) is 0 Å². The van der Waals surface area contributed by atoms with E-state index in [-0.39, 0.29) is 0 Å². The van der Waals surface area contributed by atoms with E-state index in [4.69, 9.17) is 16.3 Å². The Morgan fingerprint density at radius 3 is 2.07 bits per heavy atom. The fraction of sp³-hybridized carbons (Fsp3) is 0.280. The second-order valence-electron chi connectivity index (χ2n) is 7.26. The average Bonchev–Trinajstić information content (AvgIpc) is 2.74. The third-order valence-corrected chi connectivity index (χ3v) is 5.28. The minimum atomic E-state index is -1.15. The third kappa shape index (κ3) is 5.60. The smallest absolute Gasteiger partial charge is 0.119 e. The van der Waals surface area contributed by atoms with E-state index in [1.165, 1.54) is 0 Å². The normalized spacial score (nSPS) is 13.1. The molecule has 1 atom stereocenters. The molecule has 0 radical (unpaired) electrons. The maximum atomic E-state index is 11.8. The Morgan fingerprint density at radius 1 is 0.897 bits per heavy atom. The molecular weight excluding hydrogens is 382 g/mol. The molecule has 0 aliphatic rings. The molecule has 0 aromatic heterocycles. The number of aryl methyl sites for hydroxylation is 1. The molecule has 4 heteroatoms. The summed E-state index contributed by atoms with van der Waals surface area (Å²) in [5, 5.41) is 15.7. The van der Waals surface area contributed by atoms with Crippen molar-refractivity contribution in [2.45, 2.75) is 25.9 Å². The van der Waals surface area contributed by atoms with E-state index >= 15 is 0 Å². The summed E-state index contributed by atoms with van der Waals surface area (Å²) in [6.07, 6.45) is 0.452. The third-order valence-electron chi connectivity index (χ3n) is 5.03. The van der Waals surface area contributed by atoms with Crippen LogP contribution in [0.3, 0.4) is 0 Å². The van der Waals surface area contributed by atoms with Crippen LogP contribution >= 0.6 is 11.6 Å². The lowest BCUT2D eigenvalue weighted by atomic mass is 9.81. The van der Waals surface area contributed by atoms with E-state index < -0.39 is 5.60 Å². The lowest BCUT2D eigenvalue weighted by Crippen LogP contribution is -2.30. The number of likely N-dealkylation sites (N-methyl/N-ethyl adjacent to an activating group) is 1. The summed E-state index contributed by atoms with van der Waals surface area (Å²) in [5.74, 6) is 0.796. The predicted molar refractivity (Wildman–Crippen MR) is 120 cm³/mol. The fourth-order valence-electron chi connectivity index (χ4n) is 3.34. The maximum absolute atomic E-state index is 11.8. The molecule has 3 rings (SSSR count). The highest BCUT2D eigenvalue weighted by Gasteiger charge is 2.32. The fourth-order valence-corrected chi connectivity index (χ4v) is 3.47. The molecule has 152 valence electrons. The van der Waals surface area contributed by atoms with Crippen LogP contribution in [-0.4, -0.2) is 24.8 Å². The summed E-state index contributed by atoms with van der Waals surface area (Å²) in [5.41, 5.74) is 2.72. The molecule has 3 aromatic rings. The van der Waals surface area contributed by atoms with Crippen molar-refractivity contribution >= 4 is 11.6 Å². The molecule has 1 unspecified atom stereocenters. The molecule has 0 saturated carbocycles. The van der Waals surface area contributed by atoms with Crippen LogP contribution < -0.4 is 10.1 Å². The van der Waals surface area contributed by atoms with Crippen molar-refractivity contribution in [3.63, 3.8) is 0 Å². The zero-order chi connectivity index (χ0) is 20.7. The van der Waals surface area contributed by atoms with Crippen molar-refractivity contribution in [3.05, 3.63) is 100 Å². The molecule has 2 N–H and O–H groups in total. The topological polar surface area (TPSA) is 41.5 Å². The van der Waals surface area contributed by atoms with Gasteiger partial charge >= 0.3 is 0 Å². The summed E-state index contributed by atoms with van der Waals surface area (Å²) in [7, 11) is 0. The zero-order valence-electron chi connectivity index (χ0n) is 17.0. The van der Waals surface area contributed by atoms with Crippen LogP contribution in [0.1, 0.15) is 29.2 Å². The molecule has 0 bridgehead atoms. The lowest BCUT2D eigenvalue weighted by molar-refractivity contribution is 0.0810. The van der Waals surface area contributed by atoms with Crippen LogP contribution in [0.5, 0.6) is 5.75 Å². The van der Waals surface area contributed by atoms with Gasteiger partial charge in [0, 0.05) is 18.0 Å². The standard InChI is InChI=1S/C25H28ClNO2/c1-3-27-16-17-29-24-14-10-22(11-15-24)25(28,21-8-4-19(2)5-9-21)18-20-6-12-23(26)13-7-20/h4-15,27-28H,3,16-18H2,1-2H3. The van der Waals surface area contributed by atoms with Crippen molar-refractivity contribution in [3.8, 4) is 5.75 Å². The number of ether oxygens (including phenoxy) is 1. The molecule has 3 nitrogen and oxygen atoms in total. The second-order valence-corrected chi connectivity index (χ2v) is 7.69. The van der Waals surface area contributed by atoms with Gasteiger partial charge in [-0.05, 0) is 54.4 Å². The first-order valence-corrected chi connectivity index (χ1v) is 10.4. The van der Waals surface area contributed by atoms with E-state index in [0.29, 0.717) is 18.1 Å². The number of nitrogens with one attached hydrogen (secondary N) is 1. The van der Waals surface area contributed by atoms with E-state index in [1.807, 2.05) is 79.7 Å². The van der Waals surface area contributed by atoms with Gasteiger partial charge in [0.15, 0.2) is 0 Å². The van der Waals surface area contributed by atoms with Crippen LogP contribution in [0, 0.1) is 6.92 Å². The van der Waals surface area contributed by atoms with Crippen molar-refractivity contribution < 1.29 is 9.84 Å². The number of halogens is 1. The molecule has 0 spiro atoms. The first-order valence-electron chi connectivity index (χ1n) is 9.99. The van der Waals surface area contributed by atoms with E-state index in [9.17, 15) is 5.11 Å². The molecule has 3 aromatic carbocycles. The number of benzene rings is 3. The number of aliphatic hydroxyl groups is 1. The predicted octanol–water partition coefficient (Wildman–Crippen LogP) is 5.12. The molecule has 0 saturated heterocycles. The zero-order valence-corrected chi connectivity index (χ0v) is 17.7. The largest absolute Gasteiger partial charge is 0.492 e. The Hall–Kier alpha value is -2.33. The van der Waals surface area contributed by atoms with Gasteiger partial charge in [-0.2, -0.15) is 0 Å². The van der Waals surface area contributed by atoms with E-state index in [0.717, 1.165) is 41.1 Å². The van der Waals surface area contributed by atoms with Gasteiger partial charge in [-0.25, -0.2) is 0 Å². The molecule has 0 aliphatic heterocycles. The quantitative estimate of drug-likeness (QED) is 0.482. The van der Waals surface area contributed by atoms with Gasteiger partial charge in [-0.15, -0.1) is 0 Å². The monoisotopic (exact) mass is 409 g/mol. The van der Waals surface area contributed by atoms with Crippen molar-refractivity contribution in [2.75, 3.05) is 19.7 Å². The second kappa shape index (κ2) is 9.93. The van der Waals surface area contributed by atoms with E-state index in [2.05, 4.69) is 12.2 Å². The van der Waals surface area contributed by atoms with Gasteiger partial charge in [-0.1, -0.05) is 72.6 Å². The maximum Gasteiger partial charge on any atom is 0.119 e. The number of rotatable bonds is 9. The summed E-state index contributed by atoms with van der Waals surface area (Å²) < 4.78 is 5.77. The van der Waals surface area contributed by atoms with Crippen molar-refractivity contribution in [1.82, 2.24) is 5.32 Å². The summed E-state index contributed by atoms with van der Waals surface area (Å²) in [6.45, 7) is 6.46. The van der Waals surface area contributed by atoms with Crippen molar-refractivity contribution in [1.29, 1.82) is 0 Å². The average molecular weight is 410 g/mol. The van der Waals surface area contributed by atoms with Crippen LogP contribution in [0.25, 0.3) is 0 Å². The van der Waals surface area contributed by atoms with Gasteiger partial charge < -0.3 is 15.2 Å². The summed E-state index contributed by atoms with van der Waals surface area (Å²) in [4.78, 5) is 0. The summed E-state index contributed by atoms with van der Waals surface area (Å²) >= 11 is 6.03. The molecule has 0 amide bonds. The number of hydrogen-bond acceptors (Lipinski definition) is 3. The Bertz CT molecular complexity index is 892. The van der Waals surface area contributed by atoms with Crippen LogP contribution in [0.15, 0.2) is 72.8 Å². The van der Waals surface area contributed by atoms with Gasteiger partial charge in [-0.3, -0.25) is 0 Å². The minimum absolute atomic E-state index is 0.452. The van der Waals surface area contributed by atoms with Gasteiger partial charge in [0.05, 0.1) is 0 Å². The molecule has 29 heavy (non-hydrogen) atoms. The molecule has 0 fully saturated rings. The van der Waals surface area contributed by atoms with Crippen LogP contribution in [-0.2, 0) is 12.0 Å². The first-order chi connectivity index (χ1) is 14.0. The lowest BCUT2D eigenvalue weighted by Gasteiger charge is -2.30. The van der Waals surface area contributed by atoms with Gasteiger partial charge in [0.2, 0.25) is 0 Å². The minimum Gasteiger partial charge on any atom is -0.492 e. The Kier molecular flexibility index (Phi) is 7.32. The Balaban J connectivity index is 1.88. The highest BCUT2D eigenvalue weighted by Crippen LogP contribution is 2.34. The summed E-state index contributed by atoms with van der Waals surface area (Å²) in [6, 6.07) is 23.4. The molecular formula is C25H28ClNO2. The first kappa shape index (κ1) is 21.4. The van der Waals surface area contributed by atoms with Crippen molar-refractivity contribution in [2.24, 2.45) is 0 Å². The number of hydrogen-bond donors (Lipinski definition) is 2. The highest BCUT2D eigenvalue weighted by molar-refractivity contribution is 6.30. The molecule has 0 aliphatic carbocycles. The Labute approximate surface area is 178 Å². The van der Waals surface area contributed by atoms with Gasteiger partial charge in [0.25, 0.3) is 0 Å². The Morgan fingerprint density at radius 2 is 1.48 bits per heavy atom. The SMILES string of the molecule is CCNCCOc1ccc(C(O)(Cc2ccc(Cl)cc2)c2ccc(C)cc2)cc1. The van der Waals surface area contributed by atoms with E-state index in [1.54, 1.807) is 0 Å². The van der Waals surface area contributed by atoms with Crippen LogP contribution in [0.2, 0.25) is 5.02 Å². The van der Waals surface area contributed by atoms with Gasteiger partial charge in [0.1, 0.15) is 18.0 Å². The molecule has 0 heterocycles.